The van der Waals surface area contributed by atoms with E-state index >= 15 is 0 Å². The van der Waals surface area contributed by atoms with Crippen LogP contribution in [0.1, 0.15) is 6.42 Å². The van der Waals surface area contributed by atoms with Crippen LogP contribution in [0.25, 0.3) is 0 Å². The number of hydrogen-bond donors (Lipinski definition) is 0. The molecule has 0 amide bonds. The molecule has 2 nitrogen and oxygen atoms in total. The van der Waals surface area contributed by atoms with Crippen molar-refractivity contribution in [3.8, 4) is 0 Å². The number of hydrogen-bond acceptors (Lipinski definition) is 2. The van der Waals surface area contributed by atoms with Crippen molar-refractivity contribution < 1.29 is 0 Å². The monoisotopic (exact) mass is 138 g/mol. The van der Waals surface area contributed by atoms with Crippen molar-refractivity contribution in [3.05, 3.63) is 12.5 Å². The van der Waals surface area contributed by atoms with Crippen molar-refractivity contribution >= 4 is 0 Å². The lowest BCUT2D eigenvalue weighted by Gasteiger charge is -2.31. The zero-order valence-corrected chi connectivity index (χ0v) is 6.51. The first-order valence-electron chi connectivity index (χ1n) is 3.99. The molecule has 2 aliphatic rings. The first kappa shape index (κ1) is 6.62. The van der Waals surface area contributed by atoms with E-state index in [9.17, 15) is 0 Å². The standard InChI is InChI=1S/C8H14N2/c1-9-4-6-10(7-5-9)8-2-3-8/h2H,3-7H2,1H3. The van der Waals surface area contributed by atoms with Gasteiger partial charge in [0.15, 0.2) is 0 Å². The van der Waals surface area contributed by atoms with E-state index in [2.05, 4.69) is 23.3 Å². The largest absolute Gasteiger partial charge is 0.304 e. The Kier molecular flexibility index (Phi) is 1.66. The van der Waals surface area contributed by atoms with E-state index in [0.717, 1.165) is 0 Å². The van der Waals surface area contributed by atoms with Crippen molar-refractivity contribution in [2.75, 3.05) is 33.2 Å². The van der Waals surface area contributed by atoms with Crippen molar-refractivity contribution in [1.29, 1.82) is 0 Å². The molecular formula is C8H14N2. The first-order valence-corrected chi connectivity index (χ1v) is 3.99. The van der Waals surface area contributed by atoms with Crippen LogP contribution in [-0.4, -0.2) is 43.0 Å². The minimum absolute atomic E-state index is 1.23. The molecule has 1 saturated carbocycles. The number of rotatable bonds is 1. The Labute approximate surface area is 62.8 Å². The van der Waals surface area contributed by atoms with Gasteiger partial charge in [-0.2, -0.15) is 0 Å². The first-order chi connectivity index (χ1) is 4.86. The Morgan fingerprint density at radius 1 is 1.20 bits per heavy atom. The highest BCUT2D eigenvalue weighted by molar-refractivity contribution is 5.22. The molecule has 0 N–H and O–H groups in total. The van der Waals surface area contributed by atoms with E-state index in [1.54, 1.807) is 6.04 Å². The third kappa shape index (κ3) is 1.32. The lowest BCUT2D eigenvalue weighted by molar-refractivity contribution is 0.178. The van der Waals surface area contributed by atoms with Gasteiger partial charge in [-0.1, -0.05) is 0 Å². The number of piperazine rings is 1. The van der Waals surface area contributed by atoms with Gasteiger partial charge in [-0.25, -0.2) is 0 Å². The maximum absolute atomic E-state index is 2.50. The zero-order valence-electron chi connectivity index (χ0n) is 6.51. The maximum atomic E-state index is 2.50. The third-order valence-electron chi connectivity index (χ3n) is 2.30. The molecule has 0 bridgehead atoms. The van der Waals surface area contributed by atoms with Crippen LogP contribution < -0.4 is 0 Å². The summed E-state index contributed by atoms with van der Waals surface area (Å²) in [5, 5.41) is 0. The molecule has 0 unspecified atom stereocenters. The summed E-state index contributed by atoms with van der Waals surface area (Å²) >= 11 is 0. The fourth-order valence-corrected chi connectivity index (χ4v) is 1.40. The third-order valence-corrected chi connectivity index (χ3v) is 2.30. The normalized spacial score (nSPS) is 30.9. The molecule has 2 fully saturated rings. The highest BCUT2D eigenvalue weighted by atomic mass is 15.3. The summed E-state index contributed by atoms with van der Waals surface area (Å²) in [6.45, 7) is 4.94. The Morgan fingerprint density at radius 3 is 2.30 bits per heavy atom. The van der Waals surface area contributed by atoms with Crippen molar-refractivity contribution in [3.63, 3.8) is 0 Å². The van der Waals surface area contributed by atoms with E-state index in [-0.39, 0.29) is 0 Å². The number of nitrogens with zero attached hydrogens (tertiary/aromatic N) is 2. The lowest BCUT2D eigenvalue weighted by Crippen LogP contribution is -2.43. The van der Waals surface area contributed by atoms with Gasteiger partial charge in [0.25, 0.3) is 0 Å². The van der Waals surface area contributed by atoms with Crippen molar-refractivity contribution in [1.82, 2.24) is 9.80 Å². The molecule has 2 radical (unpaired) electrons. The predicted octanol–water partition coefficient (Wildman–Crippen LogP) is 0.374. The lowest BCUT2D eigenvalue weighted by atomic mass is 10.3. The number of likely N-dealkylation sites (N-methyl/N-ethyl adjacent to an activating group) is 1. The summed E-state index contributed by atoms with van der Waals surface area (Å²) in [5.74, 6) is 0. The minimum Gasteiger partial charge on any atom is -0.304 e. The van der Waals surface area contributed by atoms with Crippen LogP contribution in [0.15, 0.2) is 0 Å². The molecular weight excluding hydrogens is 124 g/mol. The molecule has 0 aromatic heterocycles. The van der Waals surface area contributed by atoms with E-state index < -0.39 is 0 Å². The van der Waals surface area contributed by atoms with Crippen LogP contribution in [-0.2, 0) is 0 Å². The SMILES string of the molecule is CN1CCN([C]2[CH]C2)CC1. The van der Waals surface area contributed by atoms with Crippen molar-refractivity contribution in [2.45, 2.75) is 6.42 Å². The van der Waals surface area contributed by atoms with Crippen LogP contribution >= 0.6 is 0 Å². The summed E-state index contributed by atoms with van der Waals surface area (Å²) in [5.41, 5.74) is 0. The molecule has 0 aromatic rings. The smallest absolute Gasteiger partial charge is 0.0432 e. The Balaban J connectivity index is 1.79. The average Bonchev–Trinajstić information content (AvgIpc) is 2.71. The molecule has 2 heteroatoms. The summed E-state index contributed by atoms with van der Waals surface area (Å²) < 4.78 is 0. The molecule has 56 valence electrons. The van der Waals surface area contributed by atoms with Gasteiger partial charge in [0.2, 0.25) is 0 Å². The molecule has 1 aliphatic carbocycles. The van der Waals surface area contributed by atoms with E-state index in [1.807, 2.05) is 0 Å². The second kappa shape index (κ2) is 2.51. The molecule has 0 atom stereocenters. The van der Waals surface area contributed by atoms with Crippen LogP contribution in [0.2, 0.25) is 0 Å². The maximum Gasteiger partial charge on any atom is 0.0432 e. The molecule has 0 aromatic carbocycles. The fourth-order valence-electron chi connectivity index (χ4n) is 1.40. The molecule has 1 heterocycles. The van der Waals surface area contributed by atoms with Gasteiger partial charge in [-0.05, 0) is 19.9 Å². The van der Waals surface area contributed by atoms with Crippen LogP contribution in [0.4, 0.5) is 0 Å². The quantitative estimate of drug-likeness (QED) is 0.516. The highest BCUT2D eigenvalue weighted by Gasteiger charge is 2.31. The summed E-state index contributed by atoms with van der Waals surface area (Å²) in [7, 11) is 2.19. The zero-order chi connectivity index (χ0) is 6.97. The van der Waals surface area contributed by atoms with Crippen LogP contribution in [0.5, 0.6) is 0 Å². The van der Waals surface area contributed by atoms with Crippen LogP contribution in [0, 0.1) is 12.5 Å². The summed E-state index contributed by atoms with van der Waals surface area (Å²) in [4.78, 5) is 4.89. The summed E-state index contributed by atoms with van der Waals surface area (Å²) in [6.07, 6.45) is 3.56. The van der Waals surface area contributed by atoms with Gasteiger partial charge in [-0.15, -0.1) is 0 Å². The topological polar surface area (TPSA) is 6.48 Å². The second-order valence-electron chi connectivity index (χ2n) is 3.19. The molecule has 0 spiro atoms. The van der Waals surface area contributed by atoms with E-state index in [0.29, 0.717) is 0 Å². The second-order valence-corrected chi connectivity index (χ2v) is 3.19. The molecule has 2 rings (SSSR count). The average molecular weight is 138 g/mol. The highest BCUT2D eigenvalue weighted by Crippen LogP contribution is 2.34. The minimum atomic E-state index is 1.23. The van der Waals surface area contributed by atoms with E-state index in [4.69, 9.17) is 0 Å². The van der Waals surface area contributed by atoms with Crippen LogP contribution in [0.3, 0.4) is 0 Å². The van der Waals surface area contributed by atoms with Gasteiger partial charge < -0.3 is 4.90 Å². The Morgan fingerprint density at radius 2 is 1.80 bits per heavy atom. The Bertz CT molecular complexity index is 112. The Hall–Kier alpha value is -0.0800. The molecule has 10 heavy (non-hydrogen) atoms. The fraction of sp³-hybridized carbons (Fsp3) is 0.750. The van der Waals surface area contributed by atoms with Crippen molar-refractivity contribution in [2.24, 2.45) is 0 Å². The van der Waals surface area contributed by atoms with E-state index in [1.165, 1.54) is 32.6 Å². The van der Waals surface area contributed by atoms with Gasteiger partial charge in [-0.3, -0.25) is 4.90 Å². The van der Waals surface area contributed by atoms with Gasteiger partial charge >= 0.3 is 0 Å². The van der Waals surface area contributed by atoms with Gasteiger partial charge in [0.05, 0.1) is 0 Å². The van der Waals surface area contributed by atoms with Gasteiger partial charge in [0.1, 0.15) is 0 Å². The molecule has 1 saturated heterocycles. The predicted molar refractivity (Wildman–Crippen MR) is 41.2 cm³/mol. The van der Waals surface area contributed by atoms with Gasteiger partial charge in [0, 0.05) is 32.2 Å². The molecule has 1 aliphatic heterocycles. The summed E-state index contributed by atoms with van der Waals surface area (Å²) in [6, 6.07) is 1.58.